The van der Waals surface area contributed by atoms with Crippen LogP contribution in [0.2, 0.25) is 0 Å². The summed E-state index contributed by atoms with van der Waals surface area (Å²) in [5, 5.41) is 13.2. The van der Waals surface area contributed by atoms with Crippen LogP contribution in [-0.2, 0) is 5.75 Å². The van der Waals surface area contributed by atoms with Crippen molar-refractivity contribution in [3.8, 4) is 0 Å². The molecule has 0 amide bonds. The smallest absolute Gasteiger partial charge is 0.0723 e. The van der Waals surface area contributed by atoms with Crippen LogP contribution in [0.3, 0.4) is 0 Å². The van der Waals surface area contributed by atoms with Crippen molar-refractivity contribution in [1.82, 2.24) is 9.78 Å². The number of hydrogen-bond donors (Lipinski definition) is 1. The van der Waals surface area contributed by atoms with Crippen LogP contribution in [0.15, 0.2) is 12.3 Å². The summed E-state index contributed by atoms with van der Waals surface area (Å²) in [7, 11) is 0. The van der Waals surface area contributed by atoms with Gasteiger partial charge in [-0.25, -0.2) is 0 Å². The Bertz CT molecular complexity index is 275. The third-order valence-electron chi connectivity index (χ3n) is 2.40. The first-order chi connectivity index (χ1) is 7.27. The first-order valence-corrected chi connectivity index (χ1v) is 6.66. The summed E-state index contributed by atoms with van der Waals surface area (Å²) in [4.78, 5) is 0. The molecule has 1 aromatic heterocycles. The highest BCUT2D eigenvalue weighted by atomic mass is 32.2. The minimum Gasteiger partial charge on any atom is -0.396 e. The van der Waals surface area contributed by atoms with E-state index in [0.717, 1.165) is 30.0 Å². The van der Waals surface area contributed by atoms with E-state index < -0.39 is 0 Å². The zero-order chi connectivity index (χ0) is 11.1. The number of hydrogen-bond acceptors (Lipinski definition) is 3. The summed E-state index contributed by atoms with van der Waals surface area (Å²) in [5.74, 6) is 1.95. The fourth-order valence-electron chi connectivity index (χ4n) is 1.23. The van der Waals surface area contributed by atoms with Gasteiger partial charge in [0.2, 0.25) is 0 Å². The SMILES string of the molecule is CCC(C)n1ccc(CSCCCO)n1. The molecule has 0 aliphatic carbocycles. The van der Waals surface area contributed by atoms with Gasteiger partial charge in [0.25, 0.3) is 0 Å². The second-order valence-electron chi connectivity index (χ2n) is 3.67. The molecule has 0 bridgehead atoms. The van der Waals surface area contributed by atoms with Gasteiger partial charge in [0.05, 0.1) is 5.69 Å². The lowest BCUT2D eigenvalue weighted by molar-refractivity contribution is 0.296. The van der Waals surface area contributed by atoms with E-state index >= 15 is 0 Å². The molecule has 0 spiro atoms. The lowest BCUT2D eigenvalue weighted by Crippen LogP contribution is -2.04. The second kappa shape index (κ2) is 6.90. The van der Waals surface area contributed by atoms with Gasteiger partial charge < -0.3 is 5.11 Å². The molecule has 86 valence electrons. The summed E-state index contributed by atoms with van der Waals surface area (Å²) in [6.07, 6.45) is 4.03. The van der Waals surface area contributed by atoms with Gasteiger partial charge in [-0.3, -0.25) is 4.68 Å². The van der Waals surface area contributed by atoms with E-state index in [0.29, 0.717) is 6.04 Å². The summed E-state index contributed by atoms with van der Waals surface area (Å²) < 4.78 is 2.03. The Kier molecular flexibility index (Phi) is 5.79. The molecule has 1 unspecified atom stereocenters. The maximum absolute atomic E-state index is 8.64. The molecule has 1 heterocycles. The maximum atomic E-state index is 8.64. The number of aromatic nitrogens is 2. The number of nitrogens with zero attached hydrogens (tertiary/aromatic N) is 2. The van der Waals surface area contributed by atoms with Crippen LogP contribution >= 0.6 is 11.8 Å². The van der Waals surface area contributed by atoms with Crippen molar-refractivity contribution in [2.75, 3.05) is 12.4 Å². The van der Waals surface area contributed by atoms with Crippen LogP contribution in [0.5, 0.6) is 0 Å². The number of aliphatic hydroxyl groups is 1. The summed E-state index contributed by atoms with van der Waals surface area (Å²) >= 11 is 1.83. The van der Waals surface area contributed by atoms with E-state index in [1.807, 2.05) is 16.4 Å². The Balaban J connectivity index is 2.33. The molecule has 4 heteroatoms. The molecule has 0 aliphatic rings. The van der Waals surface area contributed by atoms with Gasteiger partial charge in [-0.2, -0.15) is 16.9 Å². The quantitative estimate of drug-likeness (QED) is 0.729. The van der Waals surface area contributed by atoms with Crippen LogP contribution < -0.4 is 0 Å². The molecule has 1 atom stereocenters. The van der Waals surface area contributed by atoms with Gasteiger partial charge in [0.15, 0.2) is 0 Å². The van der Waals surface area contributed by atoms with Crippen molar-refractivity contribution >= 4 is 11.8 Å². The molecule has 0 saturated heterocycles. The predicted octanol–water partition coefficient (Wildman–Crippen LogP) is 2.47. The summed E-state index contributed by atoms with van der Waals surface area (Å²) in [6, 6.07) is 2.57. The summed E-state index contributed by atoms with van der Waals surface area (Å²) in [5.41, 5.74) is 1.14. The Labute approximate surface area is 95.9 Å². The topological polar surface area (TPSA) is 38.0 Å². The first-order valence-electron chi connectivity index (χ1n) is 5.50. The standard InChI is InChI=1S/C11H20N2OS/c1-3-10(2)13-6-5-11(12-13)9-15-8-4-7-14/h5-6,10,14H,3-4,7-9H2,1-2H3. The van der Waals surface area contributed by atoms with E-state index in [1.54, 1.807) is 0 Å². The Hall–Kier alpha value is -0.480. The van der Waals surface area contributed by atoms with Crippen molar-refractivity contribution in [1.29, 1.82) is 0 Å². The van der Waals surface area contributed by atoms with Gasteiger partial charge in [-0.1, -0.05) is 6.92 Å². The number of aliphatic hydroxyl groups excluding tert-OH is 1. The molecule has 0 aromatic carbocycles. The Morgan fingerprint density at radius 3 is 3.07 bits per heavy atom. The van der Waals surface area contributed by atoms with Gasteiger partial charge in [0, 0.05) is 24.6 Å². The Morgan fingerprint density at radius 2 is 2.40 bits per heavy atom. The van der Waals surface area contributed by atoms with Crippen molar-refractivity contribution in [3.63, 3.8) is 0 Å². The normalized spacial score (nSPS) is 13.0. The van der Waals surface area contributed by atoms with E-state index in [-0.39, 0.29) is 6.61 Å². The molecule has 0 saturated carbocycles. The molecule has 0 radical (unpaired) electrons. The summed E-state index contributed by atoms with van der Waals surface area (Å²) in [6.45, 7) is 4.63. The molecule has 1 N–H and O–H groups in total. The average Bonchev–Trinajstić information content (AvgIpc) is 2.72. The van der Waals surface area contributed by atoms with Gasteiger partial charge in [-0.15, -0.1) is 0 Å². The minimum absolute atomic E-state index is 0.286. The van der Waals surface area contributed by atoms with Crippen LogP contribution in [0.4, 0.5) is 0 Å². The molecular weight excluding hydrogens is 208 g/mol. The molecular formula is C11H20N2OS. The fraction of sp³-hybridized carbons (Fsp3) is 0.727. The van der Waals surface area contributed by atoms with Crippen LogP contribution in [-0.4, -0.2) is 27.2 Å². The third kappa shape index (κ3) is 4.26. The average molecular weight is 228 g/mol. The zero-order valence-electron chi connectivity index (χ0n) is 9.52. The van der Waals surface area contributed by atoms with Gasteiger partial charge in [-0.05, 0) is 31.6 Å². The van der Waals surface area contributed by atoms with Crippen molar-refractivity contribution in [3.05, 3.63) is 18.0 Å². The maximum Gasteiger partial charge on any atom is 0.0723 e. The molecule has 3 nitrogen and oxygen atoms in total. The largest absolute Gasteiger partial charge is 0.396 e. The molecule has 0 aliphatic heterocycles. The minimum atomic E-state index is 0.286. The highest BCUT2D eigenvalue weighted by Gasteiger charge is 2.04. The van der Waals surface area contributed by atoms with Gasteiger partial charge >= 0.3 is 0 Å². The molecule has 0 fully saturated rings. The number of rotatable bonds is 7. The monoisotopic (exact) mass is 228 g/mol. The Morgan fingerprint density at radius 1 is 1.60 bits per heavy atom. The van der Waals surface area contributed by atoms with Gasteiger partial charge in [0.1, 0.15) is 0 Å². The zero-order valence-corrected chi connectivity index (χ0v) is 10.3. The first kappa shape index (κ1) is 12.6. The highest BCUT2D eigenvalue weighted by Crippen LogP contribution is 2.14. The second-order valence-corrected chi connectivity index (χ2v) is 4.78. The highest BCUT2D eigenvalue weighted by molar-refractivity contribution is 7.98. The van der Waals surface area contributed by atoms with E-state index in [1.165, 1.54) is 0 Å². The van der Waals surface area contributed by atoms with Crippen LogP contribution in [0.25, 0.3) is 0 Å². The van der Waals surface area contributed by atoms with E-state index in [9.17, 15) is 0 Å². The lowest BCUT2D eigenvalue weighted by Gasteiger charge is -2.07. The van der Waals surface area contributed by atoms with Crippen molar-refractivity contribution in [2.24, 2.45) is 0 Å². The van der Waals surface area contributed by atoms with Crippen molar-refractivity contribution < 1.29 is 5.11 Å². The molecule has 1 rings (SSSR count). The fourth-order valence-corrected chi connectivity index (χ4v) is 2.07. The molecule has 15 heavy (non-hydrogen) atoms. The van der Waals surface area contributed by atoms with Crippen LogP contribution in [0, 0.1) is 0 Å². The predicted molar refractivity (Wildman–Crippen MR) is 65.1 cm³/mol. The van der Waals surface area contributed by atoms with E-state index in [4.69, 9.17) is 5.11 Å². The van der Waals surface area contributed by atoms with Crippen LogP contribution in [0.1, 0.15) is 38.4 Å². The third-order valence-corrected chi connectivity index (χ3v) is 3.48. The van der Waals surface area contributed by atoms with Crippen molar-refractivity contribution in [2.45, 2.75) is 38.5 Å². The lowest BCUT2D eigenvalue weighted by atomic mass is 10.3. The van der Waals surface area contributed by atoms with E-state index in [2.05, 4.69) is 31.2 Å². The molecule has 1 aromatic rings. The number of thioether (sulfide) groups is 1.